The highest BCUT2D eigenvalue weighted by Gasteiger charge is 2.09. The second-order valence-corrected chi connectivity index (χ2v) is 1.84. The topological polar surface area (TPSA) is 49.7 Å². The van der Waals surface area contributed by atoms with Crippen LogP contribution in [0.4, 0.5) is 0 Å². The van der Waals surface area contributed by atoms with Gasteiger partial charge in [-0.3, -0.25) is 0 Å². The van der Waals surface area contributed by atoms with E-state index in [0.29, 0.717) is 0 Å². The van der Waals surface area contributed by atoms with Crippen LogP contribution in [-0.2, 0) is 4.57 Å². The van der Waals surface area contributed by atoms with E-state index >= 15 is 0 Å². The van der Waals surface area contributed by atoms with Gasteiger partial charge in [0.15, 0.2) is 0 Å². The third-order valence-corrected chi connectivity index (χ3v) is 0.472. The summed E-state index contributed by atoms with van der Waals surface area (Å²) in [7, 11) is -0.303. The van der Waals surface area contributed by atoms with Gasteiger partial charge in [0.05, 0.1) is 0 Å². The minimum absolute atomic E-state index is 0.219. The summed E-state index contributed by atoms with van der Waals surface area (Å²) in [5.41, 5.74) is 0. The maximum Gasteiger partial charge on any atom is 0.617 e. The van der Waals surface area contributed by atoms with Crippen molar-refractivity contribution in [1.29, 1.82) is 0 Å². The summed E-state index contributed by atoms with van der Waals surface area (Å²) < 4.78 is 4.29. The van der Waals surface area contributed by atoms with Gasteiger partial charge in [-0.1, -0.05) is 13.8 Å². The van der Waals surface area contributed by atoms with Crippen molar-refractivity contribution >= 4 is 14.8 Å². The van der Waals surface area contributed by atoms with E-state index in [-0.39, 0.29) is 5.82 Å². The summed E-state index contributed by atoms with van der Waals surface area (Å²) in [6.07, 6.45) is 0. The van der Waals surface area contributed by atoms with Crippen molar-refractivity contribution in [2.24, 2.45) is 0 Å². The monoisotopic (exact) mass is 115 g/mol. The summed E-state index contributed by atoms with van der Waals surface area (Å²) in [5.74, 6) is 0.219. The number of hydrogen-bond donors (Lipinski definition) is 2. The van der Waals surface area contributed by atoms with Gasteiger partial charge < -0.3 is 14.6 Å². The average molecular weight is 115 g/mol. The fourth-order valence-electron chi connectivity index (χ4n) is 0.227. The molecule has 0 aliphatic rings. The van der Waals surface area contributed by atoms with Gasteiger partial charge in [-0.25, -0.2) is 0 Å². The molecule has 0 aliphatic carbocycles. The molecule has 0 atom stereocenters. The lowest BCUT2D eigenvalue weighted by Gasteiger charge is -2.01. The van der Waals surface area contributed by atoms with Gasteiger partial charge in [-0.15, -0.1) is 0 Å². The molecule has 0 aromatic heterocycles. The molecule has 0 fully saturated rings. The zero-order valence-electron chi connectivity index (χ0n) is 5.03. The molecule has 0 saturated carbocycles. The molecular weight excluding hydrogens is 106 g/mol. The van der Waals surface area contributed by atoms with Crippen LogP contribution in [0, 0.1) is 0 Å². The molecule has 1 radical (unpaired) electrons. The summed E-state index contributed by atoms with van der Waals surface area (Å²) >= 11 is 0. The Kier molecular flexibility index (Phi) is 3.95. The van der Waals surface area contributed by atoms with Gasteiger partial charge in [0.25, 0.3) is 7.48 Å². The largest absolute Gasteiger partial charge is 0.617 e. The molecule has 2 N–H and O–H groups in total. The molecule has 3 nitrogen and oxygen atoms in total. The van der Waals surface area contributed by atoms with Crippen LogP contribution in [0.5, 0.6) is 0 Å². The predicted octanol–water partition coefficient (Wildman–Crippen LogP) is -0.580. The molecule has 0 spiro atoms. The van der Waals surface area contributed by atoms with Gasteiger partial charge in [0, 0.05) is 0 Å². The molecule has 45 valence electrons. The molecule has 8 heavy (non-hydrogen) atoms. The van der Waals surface area contributed by atoms with Gasteiger partial charge in [-0.2, -0.15) is 0 Å². The molecule has 5 heteroatoms. The van der Waals surface area contributed by atoms with E-state index in [4.69, 9.17) is 10.0 Å². The first-order valence-electron chi connectivity index (χ1n) is 2.48. The Hall–Kier alpha value is 0.00987. The molecule has 0 aromatic rings. The van der Waals surface area contributed by atoms with Gasteiger partial charge in [0.2, 0.25) is 0 Å². The van der Waals surface area contributed by atoms with Crippen LogP contribution >= 0.6 is 0 Å². The molecule has 0 amide bonds. The smallest absolute Gasteiger partial charge is 0.453 e. The van der Waals surface area contributed by atoms with E-state index in [1.807, 2.05) is 13.8 Å². The van der Waals surface area contributed by atoms with Crippen molar-refractivity contribution < 1.29 is 14.6 Å². The van der Waals surface area contributed by atoms with E-state index in [1.54, 1.807) is 0 Å². The molecule has 0 heterocycles. The van der Waals surface area contributed by atoms with Crippen molar-refractivity contribution in [2.45, 2.75) is 19.7 Å². The maximum atomic E-state index is 8.10. The Labute approximate surface area is 50.1 Å². The van der Waals surface area contributed by atoms with Gasteiger partial charge >= 0.3 is 7.32 Å². The SMILES string of the molecule is CC(C)[B]OB(O)O. The highest BCUT2D eigenvalue weighted by molar-refractivity contribution is 6.46. The third kappa shape index (κ3) is 6.01. The van der Waals surface area contributed by atoms with Crippen LogP contribution in [-0.4, -0.2) is 24.9 Å². The van der Waals surface area contributed by atoms with Crippen molar-refractivity contribution in [3.8, 4) is 0 Å². The Morgan fingerprint density at radius 1 is 1.50 bits per heavy atom. The standard InChI is InChI=1S/C3H9B2O3/c1-3(2)4-8-5(6)7/h3,6-7H,1-2H3. The second-order valence-electron chi connectivity index (χ2n) is 1.84. The Morgan fingerprint density at radius 3 is 2.12 bits per heavy atom. The quantitative estimate of drug-likeness (QED) is 0.483. The number of hydrogen-bond acceptors (Lipinski definition) is 3. The van der Waals surface area contributed by atoms with E-state index in [2.05, 4.69) is 4.57 Å². The van der Waals surface area contributed by atoms with Crippen molar-refractivity contribution in [3.63, 3.8) is 0 Å². The first-order valence-corrected chi connectivity index (χ1v) is 2.48. The zero-order valence-corrected chi connectivity index (χ0v) is 5.03. The first kappa shape index (κ1) is 8.01. The molecule has 0 rings (SSSR count). The normalized spacial score (nSPS) is 9.62. The van der Waals surface area contributed by atoms with Crippen LogP contribution in [0.2, 0.25) is 5.82 Å². The zero-order chi connectivity index (χ0) is 6.57. The molecule has 0 aliphatic heterocycles. The highest BCUT2D eigenvalue weighted by Crippen LogP contribution is 1.96. The highest BCUT2D eigenvalue weighted by atomic mass is 16.6. The summed E-state index contributed by atoms with van der Waals surface area (Å²) in [5, 5.41) is 16.2. The minimum atomic E-state index is -1.67. The summed E-state index contributed by atoms with van der Waals surface area (Å²) in [6, 6.07) is 0. The Balaban J connectivity index is 2.93. The van der Waals surface area contributed by atoms with Crippen molar-refractivity contribution in [1.82, 2.24) is 0 Å². The second kappa shape index (κ2) is 3.95. The number of rotatable bonds is 3. The molecule has 0 bridgehead atoms. The van der Waals surface area contributed by atoms with Crippen LogP contribution in [0.3, 0.4) is 0 Å². The summed E-state index contributed by atoms with van der Waals surface area (Å²) in [4.78, 5) is 0. The fraction of sp³-hybridized carbons (Fsp3) is 1.00. The molecular formula is C3H9B2O3. The van der Waals surface area contributed by atoms with E-state index in [1.165, 1.54) is 7.48 Å². The van der Waals surface area contributed by atoms with E-state index in [9.17, 15) is 0 Å². The first-order chi connectivity index (χ1) is 3.63. The lowest BCUT2D eigenvalue weighted by molar-refractivity contribution is 0.293. The lowest BCUT2D eigenvalue weighted by Crippen LogP contribution is -2.20. The molecule has 0 unspecified atom stereocenters. The Morgan fingerprint density at radius 2 is 2.00 bits per heavy atom. The van der Waals surface area contributed by atoms with E-state index in [0.717, 1.165) is 0 Å². The molecule has 0 aromatic carbocycles. The third-order valence-electron chi connectivity index (χ3n) is 0.472. The van der Waals surface area contributed by atoms with Crippen molar-refractivity contribution in [2.75, 3.05) is 0 Å². The lowest BCUT2D eigenvalue weighted by atomic mass is 9.82. The van der Waals surface area contributed by atoms with Crippen LogP contribution in [0.25, 0.3) is 0 Å². The van der Waals surface area contributed by atoms with Crippen LogP contribution < -0.4 is 0 Å². The predicted molar refractivity (Wildman–Crippen MR) is 32.1 cm³/mol. The van der Waals surface area contributed by atoms with Gasteiger partial charge in [0.1, 0.15) is 0 Å². The van der Waals surface area contributed by atoms with Crippen LogP contribution in [0.1, 0.15) is 13.8 Å². The fourth-order valence-corrected chi connectivity index (χ4v) is 0.227. The summed E-state index contributed by atoms with van der Waals surface area (Å²) in [6.45, 7) is 3.75. The van der Waals surface area contributed by atoms with Crippen LogP contribution in [0.15, 0.2) is 0 Å². The van der Waals surface area contributed by atoms with Gasteiger partial charge in [-0.05, 0) is 5.82 Å². The average Bonchev–Trinajstić information content (AvgIpc) is 1.61. The van der Waals surface area contributed by atoms with E-state index < -0.39 is 7.32 Å². The minimum Gasteiger partial charge on any atom is -0.453 e. The molecule has 0 saturated heterocycles. The maximum absolute atomic E-state index is 8.10. The van der Waals surface area contributed by atoms with Crippen molar-refractivity contribution in [3.05, 3.63) is 0 Å². The Bertz CT molecular complexity index is 48.5.